The molecule has 1 aliphatic rings. The van der Waals surface area contributed by atoms with Crippen molar-refractivity contribution in [2.75, 3.05) is 20.8 Å². The first-order chi connectivity index (χ1) is 19.4. The average Bonchev–Trinajstić information content (AvgIpc) is 3.21. The van der Waals surface area contributed by atoms with Crippen LogP contribution in [-0.2, 0) is 13.8 Å². The van der Waals surface area contributed by atoms with Crippen LogP contribution < -0.4 is 29.8 Å². The number of hydrogen-bond donors (Lipinski definition) is 2. The van der Waals surface area contributed by atoms with Gasteiger partial charge in [0.15, 0.2) is 18.0 Å². The summed E-state index contributed by atoms with van der Waals surface area (Å²) in [5.41, 5.74) is -5.44. The van der Waals surface area contributed by atoms with Crippen molar-refractivity contribution in [1.82, 2.24) is 9.55 Å². The predicted molar refractivity (Wildman–Crippen MR) is 137 cm³/mol. The summed E-state index contributed by atoms with van der Waals surface area (Å²) in [5, 5.41) is 9.96. The molecule has 222 valence electrons. The van der Waals surface area contributed by atoms with Crippen LogP contribution in [0.1, 0.15) is 6.23 Å². The molecule has 4 rings (SSSR count). The summed E-state index contributed by atoms with van der Waals surface area (Å²) in [7, 11) is -2.05. The van der Waals surface area contributed by atoms with E-state index in [-0.39, 0.29) is 11.5 Å². The highest BCUT2D eigenvalue weighted by molar-refractivity contribution is 7.49. The van der Waals surface area contributed by atoms with Crippen molar-refractivity contribution in [2.45, 2.75) is 30.5 Å². The number of benzene rings is 2. The van der Waals surface area contributed by atoms with E-state index in [1.807, 2.05) is 0 Å². The average molecular weight is 623 g/mol. The number of phosphoric ester groups is 1. The second-order valence-electron chi connectivity index (χ2n) is 8.55. The van der Waals surface area contributed by atoms with E-state index < -0.39 is 61.2 Å². The van der Waals surface area contributed by atoms with Crippen LogP contribution in [0.3, 0.4) is 0 Å². The van der Waals surface area contributed by atoms with Crippen molar-refractivity contribution in [3.05, 3.63) is 80.6 Å². The van der Waals surface area contributed by atoms with Gasteiger partial charge in [-0.05, 0) is 48.5 Å². The molecule has 3 aromatic rings. The number of nitrogens with zero attached hydrogens (tertiary/aromatic N) is 1. The van der Waals surface area contributed by atoms with E-state index in [2.05, 4.69) is 0 Å². The minimum atomic E-state index is -4.87. The SMILES string of the molecule is COc1ccc(OP(=O)(OCC2(C(F)F)OC(n3cc(Cl)c(=O)[nH]c3=O)C(F)C2O)Oc2ccc(OC)cc2)cc1. The molecule has 0 aliphatic carbocycles. The molecule has 0 bridgehead atoms. The van der Waals surface area contributed by atoms with Crippen LogP contribution in [0, 0.1) is 0 Å². The number of aromatic amines is 1. The highest BCUT2D eigenvalue weighted by atomic mass is 35.5. The topological polar surface area (TPSA) is 148 Å². The maximum atomic E-state index is 15.2. The molecule has 0 saturated carbocycles. The van der Waals surface area contributed by atoms with E-state index >= 15 is 4.39 Å². The first kappa shape index (κ1) is 30.5. The van der Waals surface area contributed by atoms with Crippen molar-refractivity contribution in [2.24, 2.45) is 0 Å². The van der Waals surface area contributed by atoms with E-state index in [1.165, 1.54) is 62.8 Å². The zero-order valence-corrected chi connectivity index (χ0v) is 22.9. The number of ether oxygens (including phenoxy) is 3. The number of nitrogens with one attached hydrogen (secondary N) is 1. The van der Waals surface area contributed by atoms with Crippen LogP contribution in [0.15, 0.2) is 64.3 Å². The summed E-state index contributed by atoms with van der Waals surface area (Å²) in [5.74, 6) is 0.663. The monoisotopic (exact) mass is 622 g/mol. The Morgan fingerprint density at radius 1 is 1.02 bits per heavy atom. The van der Waals surface area contributed by atoms with Gasteiger partial charge in [0.25, 0.3) is 12.0 Å². The van der Waals surface area contributed by atoms with Gasteiger partial charge in [-0.2, -0.15) is 0 Å². The maximum Gasteiger partial charge on any atom is 0.587 e. The third kappa shape index (κ3) is 6.39. The molecular formula is C24H23ClF3N2O10P. The quantitative estimate of drug-likeness (QED) is 0.303. The number of rotatable bonds is 11. The van der Waals surface area contributed by atoms with Gasteiger partial charge in [0.05, 0.1) is 20.8 Å². The number of aliphatic hydroxyl groups excluding tert-OH is 1. The van der Waals surface area contributed by atoms with Gasteiger partial charge >= 0.3 is 13.5 Å². The lowest BCUT2D eigenvalue weighted by Gasteiger charge is -2.31. The summed E-state index contributed by atoms with van der Waals surface area (Å²) >= 11 is 5.69. The Balaban J connectivity index is 1.65. The first-order valence-electron chi connectivity index (χ1n) is 11.6. The van der Waals surface area contributed by atoms with Gasteiger partial charge in [0, 0.05) is 6.20 Å². The Hall–Kier alpha value is -3.49. The van der Waals surface area contributed by atoms with E-state index in [4.69, 9.17) is 39.4 Å². The largest absolute Gasteiger partial charge is 0.587 e. The Bertz CT molecular complexity index is 1470. The molecule has 2 aromatic carbocycles. The summed E-state index contributed by atoms with van der Waals surface area (Å²) in [6, 6.07) is 11.1. The highest BCUT2D eigenvalue weighted by Gasteiger charge is 2.62. The van der Waals surface area contributed by atoms with Crippen molar-refractivity contribution in [3.63, 3.8) is 0 Å². The molecule has 1 aliphatic heterocycles. The third-order valence-electron chi connectivity index (χ3n) is 5.98. The zero-order chi connectivity index (χ0) is 29.9. The second kappa shape index (κ2) is 12.2. The number of halogens is 4. The lowest BCUT2D eigenvalue weighted by atomic mass is 9.97. The van der Waals surface area contributed by atoms with Gasteiger partial charge in [0.1, 0.15) is 34.1 Å². The molecule has 1 aromatic heterocycles. The molecule has 1 saturated heterocycles. The molecule has 17 heteroatoms. The van der Waals surface area contributed by atoms with Crippen molar-refractivity contribution >= 4 is 19.4 Å². The van der Waals surface area contributed by atoms with Gasteiger partial charge < -0.3 is 28.4 Å². The summed E-state index contributed by atoms with van der Waals surface area (Å²) in [4.78, 5) is 25.6. The Morgan fingerprint density at radius 2 is 1.51 bits per heavy atom. The standard InChI is InChI=1S/C24H23ClF3N2O10P/c1-35-13-3-7-15(8-4-13)39-41(34,40-16-9-5-14(36-2)6-10-16)37-12-24(22(27)28)19(31)18(26)21(38-24)30-11-17(25)20(32)29-23(30)33/h3-11,18-19,21-22,31H,12H2,1-2H3,(H,29,32,33). The minimum Gasteiger partial charge on any atom is -0.497 e. The number of phosphoric acid groups is 1. The van der Waals surface area contributed by atoms with Gasteiger partial charge in [0.2, 0.25) is 0 Å². The minimum absolute atomic E-state index is 0.0858. The molecule has 1 fully saturated rings. The van der Waals surface area contributed by atoms with Gasteiger partial charge in [-0.3, -0.25) is 18.9 Å². The van der Waals surface area contributed by atoms with Crippen LogP contribution >= 0.6 is 19.4 Å². The van der Waals surface area contributed by atoms with E-state index in [1.54, 1.807) is 4.98 Å². The molecule has 4 unspecified atom stereocenters. The van der Waals surface area contributed by atoms with Crippen molar-refractivity contribution in [1.29, 1.82) is 0 Å². The molecule has 4 atom stereocenters. The smallest absolute Gasteiger partial charge is 0.497 e. The first-order valence-corrected chi connectivity index (χ1v) is 13.5. The molecule has 0 amide bonds. The lowest BCUT2D eigenvalue weighted by molar-refractivity contribution is -0.193. The van der Waals surface area contributed by atoms with Crippen LogP contribution in [0.2, 0.25) is 5.02 Å². The molecule has 0 radical (unpaired) electrons. The second-order valence-corrected chi connectivity index (χ2v) is 10.5. The van der Waals surface area contributed by atoms with Gasteiger partial charge in [-0.15, -0.1) is 0 Å². The molecule has 12 nitrogen and oxygen atoms in total. The lowest BCUT2D eigenvalue weighted by Crippen LogP contribution is -2.52. The number of H-pyrrole nitrogens is 1. The molecule has 2 heterocycles. The number of aromatic nitrogens is 2. The van der Waals surface area contributed by atoms with Gasteiger partial charge in [-0.25, -0.2) is 22.5 Å². The fourth-order valence-corrected chi connectivity index (χ4v) is 5.21. The normalized spacial score (nSPS) is 22.5. The van der Waals surface area contributed by atoms with Crippen LogP contribution in [0.4, 0.5) is 13.2 Å². The van der Waals surface area contributed by atoms with Crippen molar-refractivity contribution in [3.8, 4) is 23.0 Å². The number of aliphatic hydroxyl groups is 1. The molecular weight excluding hydrogens is 600 g/mol. The highest BCUT2D eigenvalue weighted by Crippen LogP contribution is 2.52. The van der Waals surface area contributed by atoms with Crippen molar-refractivity contribution < 1.29 is 50.6 Å². The zero-order valence-electron chi connectivity index (χ0n) is 21.2. The van der Waals surface area contributed by atoms with Crippen LogP contribution in [0.25, 0.3) is 0 Å². The van der Waals surface area contributed by atoms with Gasteiger partial charge in [-0.1, -0.05) is 11.6 Å². The fraction of sp³-hybridized carbons (Fsp3) is 0.333. The molecule has 0 spiro atoms. The van der Waals surface area contributed by atoms with E-state index in [0.29, 0.717) is 22.3 Å². The number of hydrogen-bond acceptors (Lipinski definition) is 10. The van der Waals surface area contributed by atoms with Crippen LogP contribution in [-0.4, -0.2) is 59.8 Å². The summed E-state index contributed by atoms with van der Waals surface area (Å²) < 4.78 is 89.5. The Labute approximate surface area is 234 Å². The molecule has 2 N–H and O–H groups in total. The maximum absolute atomic E-state index is 15.2. The molecule has 41 heavy (non-hydrogen) atoms. The fourth-order valence-electron chi connectivity index (χ4n) is 3.79. The summed E-state index contributed by atoms with van der Waals surface area (Å²) in [6.07, 6.45) is -10.4. The Morgan fingerprint density at radius 3 is 1.98 bits per heavy atom. The Kier molecular flexibility index (Phi) is 9.04. The van der Waals surface area contributed by atoms with E-state index in [0.717, 1.165) is 0 Å². The third-order valence-corrected chi connectivity index (χ3v) is 7.57. The summed E-state index contributed by atoms with van der Waals surface area (Å²) in [6.45, 7) is -1.43. The predicted octanol–water partition coefficient (Wildman–Crippen LogP) is 3.72. The van der Waals surface area contributed by atoms with Crippen LogP contribution in [0.5, 0.6) is 23.0 Å². The van der Waals surface area contributed by atoms with E-state index in [9.17, 15) is 28.0 Å². The number of alkyl halides is 3. The number of methoxy groups -OCH3 is 2.